The largest absolute Gasteiger partial charge is 0.418 e. The fourth-order valence-corrected chi connectivity index (χ4v) is 2.26. The molecule has 1 aromatic carbocycles. The predicted molar refractivity (Wildman–Crippen MR) is 70.4 cm³/mol. The van der Waals surface area contributed by atoms with Crippen molar-refractivity contribution in [1.29, 1.82) is 0 Å². The first-order chi connectivity index (χ1) is 9.25. The van der Waals surface area contributed by atoms with Crippen LogP contribution in [0, 0.1) is 6.92 Å². The summed E-state index contributed by atoms with van der Waals surface area (Å²) in [6, 6.07) is 9.20. The van der Waals surface area contributed by atoms with Crippen molar-refractivity contribution in [2.45, 2.75) is 13.0 Å². The van der Waals surface area contributed by atoms with Crippen molar-refractivity contribution < 1.29 is 4.42 Å². The fraction of sp³-hybridized carbons (Fsp3) is 0.167. The maximum atomic E-state index is 6.10. The average molecular weight is 273 g/mol. The number of nitrogens with two attached hydrogens (primary N) is 1. The highest BCUT2D eigenvalue weighted by atomic mass is 32.1. The second-order valence-corrected chi connectivity index (χ2v) is 4.78. The summed E-state index contributed by atoms with van der Waals surface area (Å²) in [7, 11) is 0. The van der Waals surface area contributed by atoms with Crippen molar-refractivity contribution in [3.8, 4) is 10.8 Å². The van der Waals surface area contributed by atoms with Crippen molar-refractivity contribution in [2.75, 3.05) is 0 Å². The van der Waals surface area contributed by atoms with Crippen LogP contribution in [-0.2, 0) is 0 Å². The molecule has 0 spiro atoms. The molecule has 0 radical (unpaired) electrons. The molecular weight excluding hydrogens is 262 g/mol. The van der Waals surface area contributed by atoms with Crippen LogP contribution in [0.1, 0.15) is 23.2 Å². The van der Waals surface area contributed by atoms with E-state index in [4.69, 9.17) is 10.2 Å². The van der Waals surface area contributed by atoms with Gasteiger partial charge in [-0.05, 0) is 24.0 Å². The topological polar surface area (TPSA) is 90.7 Å². The third kappa shape index (κ3) is 2.25. The molecule has 1 unspecified atom stereocenters. The van der Waals surface area contributed by atoms with Crippen LogP contribution in [0.2, 0.25) is 0 Å². The van der Waals surface area contributed by atoms with Crippen molar-refractivity contribution in [2.24, 2.45) is 5.73 Å². The molecule has 7 heteroatoms. The Kier molecular flexibility index (Phi) is 3.06. The minimum Gasteiger partial charge on any atom is -0.418 e. The Morgan fingerprint density at radius 3 is 2.63 bits per heavy atom. The monoisotopic (exact) mass is 273 g/mol. The number of aromatic nitrogens is 4. The molecule has 0 aliphatic carbocycles. The van der Waals surface area contributed by atoms with Crippen molar-refractivity contribution in [3.63, 3.8) is 0 Å². The molecule has 1 atom stereocenters. The van der Waals surface area contributed by atoms with E-state index in [2.05, 4.69) is 19.8 Å². The van der Waals surface area contributed by atoms with Crippen LogP contribution < -0.4 is 5.73 Å². The van der Waals surface area contributed by atoms with E-state index in [1.54, 1.807) is 0 Å². The predicted octanol–water partition coefficient (Wildman–Crippen LogP) is 1.94. The molecule has 0 aliphatic heterocycles. The Bertz CT molecular complexity index is 678. The number of rotatable bonds is 3. The zero-order chi connectivity index (χ0) is 13.2. The van der Waals surface area contributed by atoms with Crippen LogP contribution >= 0.6 is 11.5 Å². The Morgan fingerprint density at radius 1 is 1.16 bits per heavy atom. The number of hydrogen-bond acceptors (Lipinski definition) is 7. The molecular formula is C12H11N5OS. The Morgan fingerprint density at radius 2 is 1.95 bits per heavy atom. The van der Waals surface area contributed by atoms with E-state index in [1.807, 2.05) is 37.3 Å². The molecule has 0 saturated carbocycles. The van der Waals surface area contributed by atoms with Gasteiger partial charge in [-0.2, -0.15) is 0 Å². The lowest BCUT2D eigenvalue weighted by atomic mass is 10.1. The highest BCUT2D eigenvalue weighted by Gasteiger charge is 2.19. The molecule has 19 heavy (non-hydrogen) atoms. The molecule has 2 heterocycles. The van der Waals surface area contributed by atoms with E-state index < -0.39 is 6.04 Å². The Labute approximate surface area is 113 Å². The van der Waals surface area contributed by atoms with E-state index in [1.165, 1.54) is 11.5 Å². The van der Waals surface area contributed by atoms with Gasteiger partial charge in [-0.3, -0.25) is 0 Å². The van der Waals surface area contributed by atoms with Crippen LogP contribution in [-0.4, -0.2) is 19.8 Å². The smallest absolute Gasteiger partial charge is 0.261 e. The number of aryl methyl sites for hydroxylation is 1. The van der Waals surface area contributed by atoms with Gasteiger partial charge in [-0.25, -0.2) is 0 Å². The van der Waals surface area contributed by atoms with E-state index in [9.17, 15) is 0 Å². The quantitative estimate of drug-likeness (QED) is 0.784. The first-order valence-corrected chi connectivity index (χ1v) is 6.46. The van der Waals surface area contributed by atoms with Gasteiger partial charge in [0.05, 0.1) is 5.69 Å². The third-order valence-corrected chi connectivity index (χ3v) is 3.53. The van der Waals surface area contributed by atoms with E-state index in [-0.39, 0.29) is 0 Å². The summed E-state index contributed by atoms with van der Waals surface area (Å²) in [5.41, 5.74) is 7.80. The second kappa shape index (κ2) is 4.87. The first-order valence-electron chi connectivity index (χ1n) is 5.69. The summed E-state index contributed by atoms with van der Waals surface area (Å²) in [4.78, 5) is 0.777. The lowest BCUT2D eigenvalue weighted by molar-refractivity contribution is 0.484. The summed E-state index contributed by atoms with van der Waals surface area (Å²) in [6.07, 6.45) is 0. The molecule has 0 fully saturated rings. The van der Waals surface area contributed by atoms with Gasteiger partial charge in [0.25, 0.3) is 5.89 Å². The van der Waals surface area contributed by atoms with E-state index in [0.29, 0.717) is 11.8 Å². The summed E-state index contributed by atoms with van der Waals surface area (Å²) >= 11 is 1.23. The molecule has 2 aromatic heterocycles. The van der Waals surface area contributed by atoms with Crippen LogP contribution in [0.25, 0.3) is 10.8 Å². The maximum absolute atomic E-state index is 6.10. The zero-order valence-corrected chi connectivity index (χ0v) is 11.0. The SMILES string of the molecule is Cc1nnsc1-c1nnc(C(N)c2ccccc2)o1. The van der Waals surface area contributed by atoms with Gasteiger partial charge in [0.2, 0.25) is 5.89 Å². The highest BCUT2D eigenvalue weighted by molar-refractivity contribution is 7.09. The molecule has 0 amide bonds. The van der Waals surface area contributed by atoms with Crippen molar-refractivity contribution in [3.05, 3.63) is 47.5 Å². The molecule has 2 N–H and O–H groups in total. The summed E-state index contributed by atoms with van der Waals surface area (Å²) < 4.78 is 9.45. The standard InChI is InChI=1S/C12H11N5OS/c1-7-10(19-17-14-7)12-16-15-11(18-12)9(13)8-5-3-2-4-6-8/h2-6,9H,13H2,1H3. The fourth-order valence-electron chi connectivity index (χ4n) is 1.68. The lowest BCUT2D eigenvalue weighted by Gasteiger charge is -2.05. The van der Waals surface area contributed by atoms with Gasteiger partial charge in [-0.1, -0.05) is 34.8 Å². The average Bonchev–Trinajstić information content (AvgIpc) is 3.07. The molecule has 6 nitrogen and oxygen atoms in total. The van der Waals surface area contributed by atoms with Crippen LogP contribution in [0.15, 0.2) is 34.7 Å². The van der Waals surface area contributed by atoms with Crippen molar-refractivity contribution in [1.82, 2.24) is 19.8 Å². The Balaban J connectivity index is 1.92. The van der Waals surface area contributed by atoms with Crippen LogP contribution in [0.3, 0.4) is 0 Å². The number of nitrogens with zero attached hydrogens (tertiary/aromatic N) is 4. The zero-order valence-electron chi connectivity index (χ0n) is 10.1. The molecule has 0 bridgehead atoms. The van der Waals surface area contributed by atoms with Crippen LogP contribution in [0.5, 0.6) is 0 Å². The minimum atomic E-state index is -0.427. The van der Waals surface area contributed by atoms with Gasteiger partial charge in [0, 0.05) is 0 Å². The summed E-state index contributed by atoms with van der Waals surface area (Å²) in [5.74, 6) is 0.794. The Hall–Kier alpha value is -2.12. The van der Waals surface area contributed by atoms with Gasteiger partial charge in [-0.15, -0.1) is 15.3 Å². The molecule has 0 saturated heterocycles. The van der Waals surface area contributed by atoms with E-state index >= 15 is 0 Å². The summed E-state index contributed by atoms with van der Waals surface area (Å²) in [5, 5.41) is 11.9. The van der Waals surface area contributed by atoms with Crippen LogP contribution in [0.4, 0.5) is 0 Å². The third-order valence-electron chi connectivity index (χ3n) is 2.71. The molecule has 0 aliphatic rings. The van der Waals surface area contributed by atoms with E-state index in [0.717, 1.165) is 16.1 Å². The molecule has 3 aromatic rings. The van der Waals surface area contributed by atoms with Gasteiger partial charge < -0.3 is 10.2 Å². The highest BCUT2D eigenvalue weighted by Crippen LogP contribution is 2.26. The number of hydrogen-bond donors (Lipinski definition) is 1. The second-order valence-electron chi connectivity index (χ2n) is 4.02. The van der Waals surface area contributed by atoms with Gasteiger partial charge in [0.15, 0.2) is 0 Å². The van der Waals surface area contributed by atoms with Gasteiger partial charge >= 0.3 is 0 Å². The normalized spacial score (nSPS) is 12.5. The first kappa shape index (κ1) is 11.9. The number of benzene rings is 1. The lowest BCUT2D eigenvalue weighted by Crippen LogP contribution is -2.11. The summed E-state index contributed by atoms with van der Waals surface area (Å²) in [6.45, 7) is 1.85. The minimum absolute atomic E-state index is 0.383. The van der Waals surface area contributed by atoms with Gasteiger partial charge in [0.1, 0.15) is 10.9 Å². The maximum Gasteiger partial charge on any atom is 0.261 e. The molecule has 3 rings (SSSR count). The van der Waals surface area contributed by atoms with Crippen molar-refractivity contribution >= 4 is 11.5 Å². The molecule has 96 valence electrons.